The first-order valence-corrected chi connectivity index (χ1v) is 8.72. The lowest BCUT2D eigenvalue weighted by molar-refractivity contribution is -0.137. The summed E-state index contributed by atoms with van der Waals surface area (Å²) in [4.78, 5) is 15.8. The number of aromatic carboxylic acids is 1. The van der Waals surface area contributed by atoms with Crippen LogP contribution in [0, 0.1) is 0 Å². The molecule has 0 saturated heterocycles. The van der Waals surface area contributed by atoms with Crippen LogP contribution < -0.4 is 4.74 Å². The Balaban J connectivity index is 1.89. The number of hydrogen-bond donors (Lipinski definition) is 1. The normalized spacial score (nSPS) is 11.6. The highest BCUT2D eigenvalue weighted by Crippen LogP contribution is 2.32. The highest BCUT2D eigenvalue weighted by Gasteiger charge is 2.30. The van der Waals surface area contributed by atoms with Crippen LogP contribution in [0.15, 0.2) is 60.7 Å². The van der Waals surface area contributed by atoms with Gasteiger partial charge in [0.15, 0.2) is 11.3 Å². The van der Waals surface area contributed by atoms with Gasteiger partial charge < -0.3 is 9.84 Å². The summed E-state index contributed by atoms with van der Waals surface area (Å²) in [6, 6.07) is 14.6. The molecule has 4 aromatic rings. The Hall–Kier alpha value is -3.88. The molecule has 0 aliphatic heterocycles. The number of nitrogens with zero attached hydrogens (tertiary/aromatic N) is 3. The van der Waals surface area contributed by atoms with Crippen molar-refractivity contribution in [1.82, 2.24) is 14.6 Å². The molecule has 0 saturated carbocycles. The maximum atomic E-state index is 12.9. The van der Waals surface area contributed by atoms with Crippen molar-refractivity contribution in [2.45, 2.75) is 6.18 Å². The minimum Gasteiger partial charge on any atom is -0.497 e. The van der Waals surface area contributed by atoms with Crippen LogP contribution in [0.5, 0.6) is 5.75 Å². The van der Waals surface area contributed by atoms with Gasteiger partial charge in [-0.1, -0.05) is 12.1 Å². The van der Waals surface area contributed by atoms with E-state index in [4.69, 9.17) is 4.74 Å². The monoisotopic (exact) mass is 413 g/mol. The van der Waals surface area contributed by atoms with Gasteiger partial charge in [-0.2, -0.15) is 18.3 Å². The summed E-state index contributed by atoms with van der Waals surface area (Å²) < 4.78 is 45.1. The molecular formula is C21H14F3N3O3. The minimum atomic E-state index is -4.44. The van der Waals surface area contributed by atoms with Crippen LogP contribution in [-0.4, -0.2) is 32.8 Å². The van der Waals surface area contributed by atoms with E-state index in [0.717, 1.165) is 12.1 Å². The van der Waals surface area contributed by atoms with E-state index in [1.54, 1.807) is 30.3 Å². The van der Waals surface area contributed by atoms with Crippen LogP contribution in [0.4, 0.5) is 13.2 Å². The molecule has 9 heteroatoms. The smallest absolute Gasteiger partial charge is 0.416 e. The van der Waals surface area contributed by atoms with Gasteiger partial charge in [0.25, 0.3) is 0 Å². The maximum Gasteiger partial charge on any atom is 0.416 e. The Kier molecular flexibility index (Phi) is 4.65. The molecule has 0 fully saturated rings. The number of ether oxygens (including phenoxy) is 1. The lowest BCUT2D eigenvalue weighted by Gasteiger charge is -2.10. The van der Waals surface area contributed by atoms with E-state index in [9.17, 15) is 23.1 Å². The second-order valence-electron chi connectivity index (χ2n) is 6.43. The van der Waals surface area contributed by atoms with Crippen LogP contribution in [0.1, 0.15) is 16.1 Å². The van der Waals surface area contributed by atoms with Gasteiger partial charge in [0.2, 0.25) is 0 Å². The summed E-state index contributed by atoms with van der Waals surface area (Å²) in [5, 5.41) is 13.4. The molecule has 4 rings (SSSR count). The number of carbonyl (C=O) groups is 1. The van der Waals surface area contributed by atoms with Crippen molar-refractivity contribution >= 4 is 11.6 Å². The molecule has 0 bridgehead atoms. The zero-order valence-corrected chi connectivity index (χ0v) is 15.5. The van der Waals surface area contributed by atoms with E-state index in [1.807, 2.05) is 0 Å². The molecule has 2 aromatic heterocycles. The average Bonchev–Trinajstić information content (AvgIpc) is 3.17. The second-order valence-corrected chi connectivity index (χ2v) is 6.43. The van der Waals surface area contributed by atoms with Gasteiger partial charge in [-0.25, -0.2) is 14.3 Å². The number of rotatable bonds is 4. The predicted molar refractivity (Wildman–Crippen MR) is 102 cm³/mol. The number of carboxylic acids is 1. The van der Waals surface area contributed by atoms with E-state index >= 15 is 0 Å². The third-order valence-electron chi connectivity index (χ3n) is 4.54. The van der Waals surface area contributed by atoms with Crippen molar-refractivity contribution in [2.24, 2.45) is 0 Å². The van der Waals surface area contributed by atoms with Gasteiger partial charge in [-0.15, -0.1) is 0 Å². The summed E-state index contributed by atoms with van der Waals surface area (Å²) in [6.45, 7) is 0. The molecule has 2 aromatic carbocycles. The topological polar surface area (TPSA) is 76.7 Å². The Labute approximate surface area is 168 Å². The Bertz CT molecular complexity index is 1230. The van der Waals surface area contributed by atoms with E-state index in [2.05, 4.69) is 10.1 Å². The number of carboxylic acid groups (broad SMARTS) is 1. The van der Waals surface area contributed by atoms with E-state index < -0.39 is 17.7 Å². The van der Waals surface area contributed by atoms with E-state index in [-0.39, 0.29) is 11.3 Å². The molecule has 0 radical (unpaired) electrons. The quantitative estimate of drug-likeness (QED) is 0.521. The summed E-state index contributed by atoms with van der Waals surface area (Å²) in [5.41, 5.74) is 1.39. The van der Waals surface area contributed by atoms with Crippen molar-refractivity contribution in [1.29, 1.82) is 0 Å². The van der Waals surface area contributed by atoms with E-state index in [1.165, 1.54) is 29.8 Å². The van der Waals surface area contributed by atoms with Crippen molar-refractivity contribution in [3.05, 3.63) is 71.9 Å². The number of benzene rings is 2. The van der Waals surface area contributed by atoms with Crippen LogP contribution in [0.25, 0.3) is 28.2 Å². The first-order chi connectivity index (χ1) is 14.3. The number of hydrogen-bond acceptors (Lipinski definition) is 4. The Morgan fingerprint density at radius 2 is 1.63 bits per heavy atom. The minimum absolute atomic E-state index is 0.193. The van der Waals surface area contributed by atoms with Gasteiger partial charge >= 0.3 is 12.1 Å². The standard InChI is InChI=1S/C21H14F3N3O3/c1-30-15-8-4-13(5-9-15)18-10-16(12-2-6-14(7-3-12)21(22,23)24)25-19-11-17(20(28)29)26-27(18)19/h2-11H,1H3,(H,28,29). The van der Waals surface area contributed by atoms with Crippen LogP contribution in [-0.2, 0) is 6.18 Å². The predicted octanol–water partition coefficient (Wildman–Crippen LogP) is 4.79. The lowest BCUT2D eigenvalue weighted by atomic mass is 10.1. The fourth-order valence-corrected chi connectivity index (χ4v) is 3.02. The molecule has 152 valence electrons. The third kappa shape index (κ3) is 3.57. The highest BCUT2D eigenvalue weighted by atomic mass is 19.4. The maximum absolute atomic E-state index is 12.9. The molecule has 1 N–H and O–H groups in total. The summed E-state index contributed by atoms with van der Waals surface area (Å²) >= 11 is 0. The molecule has 0 aliphatic rings. The largest absolute Gasteiger partial charge is 0.497 e. The molecule has 0 aliphatic carbocycles. The molecule has 0 atom stereocenters. The molecule has 2 heterocycles. The summed E-state index contributed by atoms with van der Waals surface area (Å²) in [7, 11) is 1.54. The van der Waals surface area contributed by atoms with Crippen LogP contribution >= 0.6 is 0 Å². The van der Waals surface area contributed by atoms with Crippen LogP contribution in [0.3, 0.4) is 0 Å². The first-order valence-electron chi connectivity index (χ1n) is 8.72. The number of halogens is 3. The Morgan fingerprint density at radius 3 is 2.20 bits per heavy atom. The van der Waals surface area contributed by atoms with Crippen molar-refractivity contribution in [3.8, 4) is 28.3 Å². The molecule has 0 spiro atoms. The lowest BCUT2D eigenvalue weighted by Crippen LogP contribution is -2.04. The molecule has 0 amide bonds. The zero-order valence-electron chi connectivity index (χ0n) is 15.5. The summed E-state index contributed by atoms with van der Waals surface area (Å²) in [5.74, 6) is -0.573. The number of methoxy groups -OCH3 is 1. The fraction of sp³-hybridized carbons (Fsp3) is 0.0952. The molecule has 0 unspecified atom stereocenters. The average molecular weight is 413 g/mol. The van der Waals surface area contributed by atoms with Gasteiger partial charge in [0.1, 0.15) is 5.75 Å². The molecule has 6 nitrogen and oxygen atoms in total. The summed E-state index contributed by atoms with van der Waals surface area (Å²) in [6.07, 6.45) is -4.44. The molecule has 30 heavy (non-hydrogen) atoms. The fourth-order valence-electron chi connectivity index (χ4n) is 3.02. The van der Waals surface area contributed by atoms with Gasteiger partial charge in [-0.05, 0) is 42.5 Å². The van der Waals surface area contributed by atoms with E-state index in [0.29, 0.717) is 28.3 Å². The van der Waals surface area contributed by atoms with Crippen molar-refractivity contribution in [3.63, 3.8) is 0 Å². The number of aromatic nitrogens is 3. The number of alkyl halides is 3. The van der Waals surface area contributed by atoms with Gasteiger partial charge in [0.05, 0.1) is 24.1 Å². The second kappa shape index (κ2) is 7.18. The Morgan fingerprint density at radius 1 is 1.00 bits per heavy atom. The SMILES string of the molecule is COc1ccc(-c2cc(-c3ccc(C(F)(F)F)cc3)nc3cc(C(=O)O)nn23)cc1. The third-order valence-corrected chi connectivity index (χ3v) is 4.54. The first kappa shape index (κ1) is 19.4. The van der Waals surface area contributed by atoms with Gasteiger partial charge in [0, 0.05) is 17.2 Å². The zero-order chi connectivity index (χ0) is 21.5. The van der Waals surface area contributed by atoms with Crippen molar-refractivity contribution < 1.29 is 27.8 Å². The van der Waals surface area contributed by atoms with Crippen LogP contribution in [0.2, 0.25) is 0 Å². The number of fused-ring (bicyclic) bond motifs is 1. The molecular weight excluding hydrogens is 399 g/mol. The highest BCUT2D eigenvalue weighted by molar-refractivity contribution is 5.87. The van der Waals surface area contributed by atoms with Gasteiger partial charge in [-0.3, -0.25) is 0 Å². The van der Waals surface area contributed by atoms with Crippen molar-refractivity contribution in [2.75, 3.05) is 7.11 Å².